The Labute approximate surface area is 279 Å². The summed E-state index contributed by atoms with van der Waals surface area (Å²) in [4.78, 5) is 2.34. The molecule has 48 heavy (non-hydrogen) atoms. The lowest BCUT2D eigenvalue weighted by Gasteiger charge is -2.28. The molecule has 1 heterocycles. The summed E-state index contributed by atoms with van der Waals surface area (Å²) in [6, 6.07) is 66.7. The summed E-state index contributed by atoms with van der Waals surface area (Å²) in [5.41, 5.74) is 12.1. The Morgan fingerprint density at radius 2 is 0.896 bits per heavy atom. The van der Waals surface area contributed by atoms with E-state index in [1.165, 1.54) is 27.6 Å². The van der Waals surface area contributed by atoms with E-state index in [9.17, 15) is 0 Å². The molecule has 2 nitrogen and oxygen atoms in total. The van der Waals surface area contributed by atoms with Gasteiger partial charge in [0.05, 0.1) is 5.69 Å². The van der Waals surface area contributed by atoms with Crippen LogP contribution in [0.25, 0.3) is 66.1 Å². The predicted molar refractivity (Wildman–Crippen MR) is 202 cm³/mol. The molecule has 0 N–H and O–H groups in total. The Hall–Kier alpha value is -6.38. The second kappa shape index (κ2) is 11.8. The van der Waals surface area contributed by atoms with E-state index in [-0.39, 0.29) is 0 Å². The Bertz CT molecular complexity index is 2550. The minimum Gasteiger partial charge on any atom is -0.455 e. The minimum absolute atomic E-state index is 0.901. The molecule has 0 amide bonds. The molecule has 2 heteroatoms. The summed E-state index contributed by atoms with van der Waals surface area (Å²) in [5.74, 6) is 0. The number of hydrogen-bond acceptors (Lipinski definition) is 2. The monoisotopic (exact) mass is 613 g/mol. The molecule has 0 aliphatic heterocycles. The van der Waals surface area contributed by atoms with Gasteiger partial charge in [-0.05, 0) is 70.1 Å². The number of para-hydroxylation sites is 3. The van der Waals surface area contributed by atoms with Crippen molar-refractivity contribution < 1.29 is 4.42 Å². The zero-order valence-electron chi connectivity index (χ0n) is 26.3. The van der Waals surface area contributed by atoms with Crippen LogP contribution in [-0.4, -0.2) is 0 Å². The molecule has 0 saturated carbocycles. The maximum atomic E-state index is 6.79. The average Bonchev–Trinajstić information content (AvgIpc) is 3.56. The van der Waals surface area contributed by atoms with Gasteiger partial charge in [-0.1, -0.05) is 146 Å². The second-order valence-corrected chi connectivity index (χ2v) is 12.1. The smallest absolute Gasteiger partial charge is 0.143 e. The van der Waals surface area contributed by atoms with Crippen LogP contribution < -0.4 is 4.90 Å². The summed E-state index contributed by atoms with van der Waals surface area (Å²) in [6.07, 6.45) is 0. The predicted octanol–water partition coefficient (Wildman–Crippen LogP) is 13.2. The third-order valence-corrected chi connectivity index (χ3v) is 9.27. The number of fused-ring (bicyclic) bond motifs is 5. The first kappa shape index (κ1) is 27.9. The van der Waals surface area contributed by atoms with Gasteiger partial charge in [-0.2, -0.15) is 0 Å². The van der Waals surface area contributed by atoms with E-state index in [2.05, 4.69) is 193 Å². The zero-order chi connectivity index (χ0) is 31.9. The van der Waals surface area contributed by atoms with Crippen molar-refractivity contribution in [3.05, 3.63) is 188 Å². The molecule has 0 radical (unpaired) electrons. The normalized spacial score (nSPS) is 11.3. The number of benzene rings is 8. The summed E-state index contributed by atoms with van der Waals surface area (Å²) >= 11 is 0. The topological polar surface area (TPSA) is 16.4 Å². The van der Waals surface area contributed by atoms with E-state index < -0.39 is 0 Å². The molecule has 0 spiro atoms. The molecule has 0 aliphatic rings. The highest BCUT2D eigenvalue weighted by molar-refractivity contribution is 6.17. The van der Waals surface area contributed by atoms with Crippen molar-refractivity contribution in [3.63, 3.8) is 0 Å². The molecule has 0 bridgehead atoms. The van der Waals surface area contributed by atoms with Gasteiger partial charge in [-0.25, -0.2) is 0 Å². The van der Waals surface area contributed by atoms with E-state index in [0.717, 1.165) is 55.5 Å². The van der Waals surface area contributed by atoms with Crippen LogP contribution in [0.5, 0.6) is 0 Å². The molecule has 0 saturated heterocycles. The minimum atomic E-state index is 0.901. The molecule has 1 aromatic heterocycles. The highest BCUT2D eigenvalue weighted by Crippen LogP contribution is 2.45. The molecule has 0 fully saturated rings. The number of hydrogen-bond donors (Lipinski definition) is 0. The highest BCUT2D eigenvalue weighted by Gasteiger charge is 2.20. The van der Waals surface area contributed by atoms with Gasteiger partial charge in [0.2, 0.25) is 0 Å². The van der Waals surface area contributed by atoms with Crippen LogP contribution in [0, 0.1) is 0 Å². The molecule has 9 rings (SSSR count). The van der Waals surface area contributed by atoms with Gasteiger partial charge in [0.15, 0.2) is 0 Å². The summed E-state index contributed by atoms with van der Waals surface area (Å²) < 4.78 is 6.79. The summed E-state index contributed by atoms with van der Waals surface area (Å²) in [6.45, 7) is 0. The van der Waals surface area contributed by atoms with Gasteiger partial charge in [-0.15, -0.1) is 0 Å². The number of furan rings is 1. The molecule has 0 atom stereocenters. The Balaban J connectivity index is 1.18. The fourth-order valence-corrected chi connectivity index (χ4v) is 6.95. The van der Waals surface area contributed by atoms with Gasteiger partial charge in [0, 0.05) is 38.7 Å². The van der Waals surface area contributed by atoms with Crippen molar-refractivity contribution in [1.82, 2.24) is 0 Å². The van der Waals surface area contributed by atoms with Crippen LogP contribution >= 0.6 is 0 Å². The van der Waals surface area contributed by atoms with E-state index >= 15 is 0 Å². The van der Waals surface area contributed by atoms with Crippen LogP contribution in [-0.2, 0) is 0 Å². The molecule has 226 valence electrons. The Morgan fingerprint density at radius 3 is 1.71 bits per heavy atom. The Kier molecular flexibility index (Phi) is 6.84. The van der Waals surface area contributed by atoms with Gasteiger partial charge in [0.1, 0.15) is 11.2 Å². The van der Waals surface area contributed by atoms with Crippen LogP contribution in [0.1, 0.15) is 0 Å². The molecular formula is C46H31NO. The van der Waals surface area contributed by atoms with E-state index in [4.69, 9.17) is 4.42 Å². The first-order valence-corrected chi connectivity index (χ1v) is 16.4. The van der Waals surface area contributed by atoms with Crippen molar-refractivity contribution in [2.24, 2.45) is 0 Å². The van der Waals surface area contributed by atoms with Crippen LogP contribution in [0.3, 0.4) is 0 Å². The third-order valence-electron chi connectivity index (χ3n) is 9.27. The lowest BCUT2D eigenvalue weighted by molar-refractivity contribution is 0.674. The van der Waals surface area contributed by atoms with Crippen molar-refractivity contribution in [2.45, 2.75) is 0 Å². The van der Waals surface area contributed by atoms with Crippen LogP contribution in [0.4, 0.5) is 17.1 Å². The molecule has 0 aliphatic carbocycles. The number of anilines is 3. The molecule has 8 aromatic carbocycles. The maximum absolute atomic E-state index is 6.79. The fraction of sp³-hybridized carbons (Fsp3) is 0. The lowest BCUT2D eigenvalue weighted by atomic mass is 9.98. The number of nitrogens with zero attached hydrogens (tertiary/aromatic N) is 1. The third kappa shape index (κ3) is 4.83. The summed E-state index contributed by atoms with van der Waals surface area (Å²) in [5, 5.41) is 4.56. The van der Waals surface area contributed by atoms with Gasteiger partial charge < -0.3 is 9.32 Å². The summed E-state index contributed by atoms with van der Waals surface area (Å²) in [7, 11) is 0. The van der Waals surface area contributed by atoms with Gasteiger partial charge in [-0.3, -0.25) is 0 Å². The SMILES string of the molecule is c1ccc(-c2cccc(-c3ccc(N(c4ccccc4)c4ccccc4-c4cccc5c4oc4c6ccccc6ccc54)cc3)c2)cc1. The van der Waals surface area contributed by atoms with E-state index in [0.29, 0.717) is 0 Å². The quantitative estimate of drug-likeness (QED) is 0.185. The van der Waals surface area contributed by atoms with Crippen molar-refractivity contribution in [2.75, 3.05) is 4.90 Å². The molecule has 9 aromatic rings. The lowest BCUT2D eigenvalue weighted by Crippen LogP contribution is -2.11. The second-order valence-electron chi connectivity index (χ2n) is 12.1. The maximum Gasteiger partial charge on any atom is 0.143 e. The first-order valence-electron chi connectivity index (χ1n) is 16.4. The molecular weight excluding hydrogens is 583 g/mol. The fourth-order valence-electron chi connectivity index (χ4n) is 6.95. The standard InChI is InChI=1S/C46H31NO/c1-3-13-32(14-4-1)35-16-11-17-36(31-35)33-25-28-38(29-26-33)47(37-18-5-2-6-19-37)44-24-10-9-21-40(44)41-22-12-23-42-43-30-27-34-15-7-8-20-39(34)45(43)48-46(41)42/h1-31H. The zero-order valence-corrected chi connectivity index (χ0v) is 26.3. The highest BCUT2D eigenvalue weighted by atomic mass is 16.3. The molecule has 0 unspecified atom stereocenters. The van der Waals surface area contributed by atoms with Gasteiger partial charge >= 0.3 is 0 Å². The van der Waals surface area contributed by atoms with E-state index in [1.54, 1.807) is 0 Å². The van der Waals surface area contributed by atoms with Crippen molar-refractivity contribution in [1.29, 1.82) is 0 Å². The average molecular weight is 614 g/mol. The first-order chi connectivity index (χ1) is 23.8. The largest absolute Gasteiger partial charge is 0.455 e. The van der Waals surface area contributed by atoms with Crippen LogP contribution in [0.15, 0.2) is 192 Å². The number of rotatable bonds is 6. The Morgan fingerprint density at radius 1 is 0.333 bits per heavy atom. The van der Waals surface area contributed by atoms with E-state index in [1.807, 2.05) is 0 Å². The van der Waals surface area contributed by atoms with Crippen molar-refractivity contribution >= 4 is 49.8 Å². The van der Waals surface area contributed by atoms with Crippen molar-refractivity contribution in [3.8, 4) is 33.4 Å². The van der Waals surface area contributed by atoms with Gasteiger partial charge in [0.25, 0.3) is 0 Å². The van der Waals surface area contributed by atoms with Crippen LogP contribution in [0.2, 0.25) is 0 Å².